The van der Waals surface area contributed by atoms with Crippen LogP contribution in [0, 0.1) is 11.8 Å². The Bertz CT molecular complexity index is 1270. The maximum atomic E-state index is 12.3. The number of aromatic amines is 2. The van der Waals surface area contributed by atoms with Crippen LogP contribution in [0.1, 0.15) is 23.2 Å². The first-order valence-corrected chi connectivity index (χ1v) is 8.42. The minimum absolute atomic E-state index is 0.000415. The number of aryl methyl sites for hydroxylation is 1. The topological polar surface area (TPSA) is 98.8 Å². The lowest BCUT2D eigenvalue weighted by atomic mass is 10.0. The molecule has 132 valence electrons. The second kappa shape index (κ2) is 6.81. The lowest BCUT2D eigenvalue weighted by molar-refractivity contribution is -0.136. The molecule has 0 saturated heterocycles. The van der Waals surface area contributed by atoms with Crippen LogP contribution in [-0.4, -0.2) is 26.0 Å². The van der Waals surface area contributed by atoms with Gasteiger partial charge in [-0.05, 0) is 48.2 Å². The number of aromatic nitrogens is 3. The Morgan fingerprint density at radius 1 is 1.19 bits per heavy atom. The number of hydrogen-bond donors (Lipinski definition) is 3. The number of carbonyl (C=O) groups is 1. The van der Waals surface area contributed by atoms with E-state index in [4.69, 9.17) is 5.11 Å². The molecule has 0 aliphatic rings. The quantitative estimate of drug-likeness (QED) is 0.491. The van der Waals surface area contributed by atoms with Crippen molar-refractivity contribution in [2.24, 2.45) is 0 Å². The Kier molecular flexibility index (Phi) is 4.19. The van der Waals surface area contributed by atoms with Gasteiger partial charge in [0.2, 0.25) is 0 Å². The summed E-state index contributed by atoms with van der Waals surface area (Å²) in [6.45, 7) is 0. The number of nitrogens with zero attached hydrogens (tertiary/aromatic N) is 1. The summed E-state index contributed by atoms with van der Waals surface area (Å²) in [5.41, 5.74) is 3.16. The first-order chi connectivity index (χ1) is 13.1. The van der Waals surface area contributed by atoms with Crippen molar-refractivity contribution in [2.45, 2.75) is 12.8 Å². The fourth-order valence-electron chi connectivity index (χ4n) is 3.09. The van der Waals surface area contributed by atoms with Crippen LogP contribution in [0.4, 0.5) is 0 Å². The number of carboxylic acid groups (broad SMARTS) is 1. The van der Waals surface area contributed by atoms with E-state index in [0.29, 0.717) is 23.1 Å². The fraction of sp³-hybridized carbons (Fsp3) is 0.0952. The molecule has 6 heteroatoms. The van der Waals surface area contributed by atoms with Crippen molar-refractivity contribution < 1.29 is 9.90 Å². The third kappa shape index (κ3) is 3.31. The molecule has 3 heterocycles. The van der Waals surface area contributed by atoms with Crippen molar-refractivity contribution in [1.82, 2.24) is 15.0 Å². The summed E-state index contributed by atoms with van der Waals surface area (Å²) in [4.78, 5) is 33.2. The third-order valence-electron chi connectivity index (χ3n) is 4.33. The molecule has 0 amide bonds. The molecule has 0 spiro atoms. The van der Waals surface area contributed by atoms with Crippen molar-refractivity contribution in [3.63, 3.8) is 0 Å². The predicted molar refractivity (Wildman–Crippen MR) is 103 cm³/mol. The van der Waals surface area contributed by atoms with Crippen LogP contribution < -0.4 is 5.56 Å². The number of benzene rings is 1. The van der Waals surface area contributed by atoms with E-state index < -0.39 is 5.97 Å². The minimum Gasteiger partial charge on any atom is -0.481 e. The van der Waals surface area contributed by atoms with Gasteiger partial charge >= 0.3 is 5.97 Å². The normalized spacial score (nSPS) is 10.7. The van der Waals surface area contributed by atoms with Crippen LogP contribution in [-0.2, 0) is 11.2 Å². The maximum Gasteiger partial charge on any atom is 0.303 e. The zero-order valence-electron chi connectivity index (χ0n) is 14.2. The summed E-state index contributed by atoms with van der Waals surface area (Å²) >= 11 is 0. The molecule has 0 unspecified atom stereocenters. The second-order valence-electron chi connectivity index (χ2n) is 6.14. The summed E-state index contributed by atoms with van der Waals surface area (Å²) < 4.78 is 0. The predicted octanol–water partition coefficient (Wildman–Crippen LogP) is 2.82. The Balaban J connectivity index is 1.86. The van der Waals surface area contributed by atoms with Gasteiger partial charge in [0.05, 0.1) is 0 Å². The van der Waals surface area contributed by atoms with Gasteiger partial charge in [-0.2, -0.15) is 0 Å². The molecule has 4 rings (SSSR count). The average molecular weight is 357 g/mol. The van der Waals surface area contributed by atoms with Gasteiger partial charge in [-0.1, -0.05) is 12.0 Å². The number of rotatable bonds is 3. The third-order valence-corrected chi connectivity index (χ3v) is 4.33. The van der Waals surface area contributed by atoms with Crippen molar-refractivity contribution in [2.75, 3.05) is 0 Å². The van der Waals surface area contributed by atoms with Gasteiger partial charge in [0.1, 0.15) is 11.2 Å². The minimum atomic E-state index is -0.875. The lowest BCUT2D eigenvalue weighted by Gasteiger charge is -2.04. The van der Waals surface area contributed by atoms with E-state index >= 15 is 0 Å². The van der Waals surface area contributed by atoms with Gasteiger partial charge in [0.15, 0.2) is 0 Å². The Morgan fingerprint density at radius 3 is 2.85 bits per heavy atom. The molecule has 3 N–H and O–H groups in total. The molecule has 4 aromatic rings. The van der Waals surface area contributed by atoms with Crippen LogP contribution in [0.25, 0.3) is 21.8 Å². The van der Waals surface area contributed by atoms with E-state index in [9.17, 15) is 9.59 Å². The van der Waals surface area contributed by atoms with Gasteiger partial charge < -0.3 is 15.1 Å². The van der Waals surface area contributed by atoms with Crippen LogP contribution in [0.3, 0.4) is 0 Å². The Labute approximate surface area is 153 Å². The highest BCUT2D eigenvalue weighted by atomic mass is 16.4. The highest BCUT2D eigenvalue weighted by Gasteiger charge is 2.13. The number of carboxylic acids is 1. The average Bonchev–Trinajstić information content (AvgIpc) is 3.11. The number of H-pyrrole nitrogens is 2. The zero-order valence-corrected chi connectivity index (χ0v) is 14.2. The highest BCUT2D eigenvalue weighted by molar-refractivity contribution is 6.06. The van der Waals surface area contributed by atoms with Gasteiger partial charge in [-0.15, -0.1) is 0 Å². The van der Waals surface area contributed by atoms with E-state index in [1.54, 1.807) is 12.4 Å². The number of hydrogen-bond acceptors (Lipinski definition) is 3. The number of nitrogens with one attached hydrogen (secondary N) is 2. The second-order valence-corrected chi connectivity index (χ2v) is 6.14. The van der Waals surface area contributed by atoms with Crippen molar-refractivity contribution >= 4 is 27.8 Å². The highest BCUT2D eigenvalue weighted by Crippen LogP contribution is 2.26. The molecule has 6 nitrogen and oxygen atoms in total. The Hall–Kier alpha value is -3.85. The van der Waals surface area contributed by atoms with E-state index in [0.717, 1.165) is 21.9 Å². The molecule has 0 radical (unpaired) electrons. The fourth-order valence-corrected chi connectivity index (χ4v) is 3.09. The molecular weight excluding hydrogens is 342 g/mol. The number of pyridine rings is 2. The standard InChI is InChI=1S/C21H15N3O3/c25-18(26)9-6-14-12-23-20-19(14)16-11-13(5-8-17(16)24-21(20)27)4-7-15-3-1-2-10-22-15/h1-3,5,8,10-12,23H,6,9H2,(H,24,27)(H,25,26). The number of fused-ring (bicyclic) bond motifs is 3. The first-order valence-electron chi connectivity index (χ1n) is 8.42. The summed E-state index contributed by atoms with van der Waals surface area (Å²) in [6, 6.07) is 11.1. The summed E-state index contributed by atoms with van der Waals surface area (Å²) in [5, 5.41) is 10.6. The molecular formula is C21H15N3O3. The van der Waals surface area contributed by atoms with Gasteiger partial charge in [0, 0.05) is 40.7 Å². The van der Waals surface area contributed by atoms with Crippen LogP contribution in [0.5, 0.6) is 0 Å². The smallest absolute Gasteiger partial charge is 0.303 e. The van der Waals surface area contributed by atoms with E-state index in [2.05, 4.69) is 26.8 Å². The summed E-state index contributed by atoms with van der Waals surface area (Å²) in [7, 11) is 0. The molecule has 0 atom stereocenters. The van der Waals surface area contributed by atoms with Crippen molar-refractivity contribution in [3.05, 3.63) is 76.0 Å². The van der Waals surface area contributed by atoms with E-state index in [1.807, 2.05) is 36.4 Å². The van der Waals surface area contributed by atoms with Gasteiger partial charge in [-0.3, -0.25) is 9.59 Å². The molecule has 0 saturated carbocycles. The van der Waals surface area contributed by atoms with Crippen molar-refractivity contribution in [1.29, 1.82) is 0 Å². The summed E-state index contributed by atoms with van der Waals surface area (Å²) in [6.07, 6.45) is 3.74. The molecule has 27 heavy (non-hydrogen) atoms. The van der Waals surface area contributed by atoms with E-state index in [1.165, 1.54) is 0 Å². The SMILES string of the molecule is O=C(O)CCc1c[nH]c2c(=O)[nH]c3ccc(C#Cc4ccccn4)cc3c12. The van der Waals surface area contributed by atoms with Gasteiger partial charge in [-0.25, -0.2) is 4.98 Å². The monoisotopic (exact) mass is 357 g/mol. The molecule has 0 aliphatic heterocycles. The largest absolute Gasteiger partial charge is 0.481 e. The van der Waals surface area contributed by atoms with Crippen LogP contribution in [0.2, 0.25) is 0 Å². The Morgan fingerprint density at radius 2 is 2.07 bits per heavy atom. The lowest BCUT2D eigenvalue weighted by Crippen LogP contribution is -2.06. The van der Waals surface area contributed by atoms with Crippen molar-refractivity contribution in [3.8, 4) is 11.8 Å². The molecule has 1 aromatic carbocycles. The first kappa shape index (κ1) is 16.6. The van der Waals surface area contributed by atoms with Gasteiger partial charge in [0.25, 0.3) is 5.56 Å². The molecule has 3 aromatic heterocycles. The van der Waals surface area contributed by atoms with Crippen LogP contribution in [0.15, 0.2) is 53.6 Å². The number of aliphatic carboxylic acids is 1. The zero-order chi connectivity index (χ0) is 18.8. The molecule has 0 fully saturated rings. The maximum absolute atomic E-state index is 12.3. The molecule has 0 aliphatic carbocycles. The van der Waals surface area contributed by atoms with E-state index in [-0.39, 0.29) is 12.0 Å². The van der Waals surface area contributed by atoms with Crippen LogP contribution >= 0.6 is 0 Å². The molecule has 0 bridgehead atoms. The summed E-state index contributed by atoms with van der Waals surface area (Å²) in [5.74, 6) is 5.23.